The Kier molecular flexibility index (Phi) is 12.1. The van der Waals surface area contributed by atoms with Crippen molar-refractivity contribution in [3.8, 4) is 12.3 Å². The summed E-state index contributed by atoms with van der Waals surface area (Å²) in [6, 6.07) is 10.4. The number of ether oxygens (including phenoxy) is 1. The molecule has 2 aromatic carbocycles. The molecule has 0 aliphatic heterocycles. The van der Waals surface area contributed by atoms with E-state index in [9.17, 15) is 14.4 Å². The number of aryl methyl sites for hydroxylation is 1. The first-order valence-electron chi connectivity index (χ1n) is 13.7. The SMILES string of the molecule is C#Cc1ccc(C(C(=O)Nc2c(C)cccc2Cl)N(CCCC)C(=O)C(NC(=O)OC(C)(C)C)C(C)CC)cc1. The minimum absolute atomic E-state index is 0.220. The molecule has 2 rings (SSSR count). The summed E-state index contributed by atoms with van der Waals surface area (Å²) in [7, 11) is 0. The van der Waals surface area contributed by atoms with Gasteiger partial charge in [-0.1, -0.05) is 75.4 Å². The number of nitrogens with one attached hydrogen (secondary N) is 2. The lowest BCUT2D eigenvalue weighted by Crippen LogP contribution is -2.55. The fraction of sp³-hybridized carbons (Fsp3) is 0.469. The predicted octanol–water partition coefficient (Wildman–Crippen LogP) is 6.88. The van der Waals surface area contributed by atoms with Gasteiger partial charge in [-0.25, -0.2) is 4.79 Å². The lowest BCUT2D eigenvalue weighted by molar-refractivity contribution is -0.142. The molecule has 0 spiro atoms. The number of anilines is 1. The molecule has 7 nitrogen and oxygen atoms in total. The summed E-state index contributed by atoms with van der Waals surface area (Å²) < 4.78 is 5.46. The Balaban J connectivity index is 2.61. The Hall–Kier alpha value is -3.50. The smallest absolute Gasteiger partial charge is 0.408 e. The number of carbonyl (C=O) groups excluding carboxylic acids is 3. The van der Waals surface area contributed by atoms with Gasteiger partial charge in [-0.05, 0) is 69.4 Å². The average molecular weight is 568 g/mol. The number of unbranched alkanes of at least 4 members (excludes halogenated alkanes) is 1. The lowest BCUT2D eigenvalue weighted by Gasteiger charge is -2.36. The molecule has 0 aliphatic carbocycles. The van der Waals surface area contributed by atoms with E-state index in [-0.39, 0.29) is 11.8 Å². The second kappa shape index (κ2) is 14.8. The quantitative estimate of drug-likeness (QED) is 0.290. The molecule has 40 heavy (non-hydrogen) atoms. The molecule has 0 saturated carbocycles. The third kappa shape index (κ3) is 9.02. The van der Waals surface area contributed by atoms with Gasteiger partial charge in [-0.15, -0.1) is 6.42 Å². The van der Waals surface area contributed by atoms with Gasteiger partial charge in [0.1, 0.15) is 17.7 Å². The van der Waals surface area contributed by atoms with Crippen LogP contribution in [-0.4, -0.2) is 41.0 Å². The summed E-state index contributed by atoms with van der Waals surface area (Å²) in [6.45, 7) is 13.3. The van der Waals surface area contributed by atoms with Crippen molar-refractivity contribution in [3.63, 3.8) is 0 Å². The molecule has 0 heterocycles. The standard InChI is InChI=1S/C32H42ClN3O4/c1-9-12-20-36(30(38)27(21(4)10-2)35-31(39)40-32(6,7)8)28(24-18-16-23(11-3)17-19-24)29(37)34-26-22(5)14-13-15-25(26)33/h3,13-19,21,27-28H,9-10,12,20H2,1-2,4-8H3,(H,34,37)(H,35,39). The van der Waals surface area contributed by atoms with E-state index in [2.05, 4.69) is 16.6 Å². The summed E-state index contributed by atoms with van der Waals surface area (Å²) in [5, 5.41) is 6.13. The maximum atomic E-state index is 14.3. The van der Waals surface area contributed by atoms with Crippen molar-refractivity contribution in [3.05, 3.63) is 64.2 Å². The summed E-state index contributed by atoms with van der Waals surface area (Å²) in [6.07, 6.45) is 6.95. The number of hydrogen-bond donors (Lipinski definition) is 2. The van der Waals surface area contributed by atoms with Gasteiger partial charge >= 0.3 is 6.09 Å². The Bertz CT molecular complexity index is 1190. The second-order valence-corrected chi connectivity index (χ2v) is 11.4. The number of rotatable bonds is 11. The van der Waals surface area contributed by atoms with Gasteiger partial charge in [0.15, 0.2) is 0 Å². The minimum Gasteiger partial charge on any atom is -0.444 e. The molecule has 216 valence electrons. The van der Waals surface area contributed by atoms with E-state index in [0.29, 0.717) is 41.2 Å². The van der Waals surface area contributed by atoms with Crippen LogP contribution in [0.2, 0.25) is 5.02 Å². The van der Waals surface area contributed by atoms with Gasteiger partial charge in [0.25, 0.3) is 5.91 Å². The van der Waals surface area contributed by atoms with E-state index in [1.807, 2.05) is 33.8 Å². The van der Waals surface area contributed by atoms with Crippen LogP contribution < -0.4 is 10.6 Å². The molecule has 0 fully saturated rings. The zero-order valence-electron chi connectivity index (χ0n) is 24.6. The number of terminal acetylenes is 1. The molecule has 0 aromatic heterocycles. The first kappa shape index (κ1) is 32.7. The number of amides is 3. The van der Waals surface area contributed by atoms with E-state index in [1.54, 1.807) is 62.1 Å². The van der Waals surface area contributed by atoms with Gasteiger partial charge in [0.05, 0.1) is 10.7 Å². The van der Waals surface area contributed by atoms with Crippen molar-refractivity contribution in [1.29, 1.82) is 0 Å². The number of nitrogens with zero attached hydrogens (tertiary/aromatic N) is 1. The van der Waals surface area contributed by atoms with E-state index < -0.39 is 29.7 Å². The Morgan fingerprint density at radius 2 is 1.75 bits per heavy atom. The van der Waals surface area contributed by atoms with Crippen LogP contribution >= 0.6 is 11.6 Å². The van der Waals surface area contributed by atoms with Crippen LogP contribution in [0.1, 0.15) is 83.5 Å². The van der Waals surface area contributed by atoms with Crippen LogP contribution in [0.5, 0.6) is 0 Å². The average Bonchev–Trinajstić information content (AvgIpc) is 2.90. The molecule has 0 aliphatic rings. The number of alkyl carbamates (subject to hydrolysis) is 1. The summed E-state index contributed by atoms with van der Waals surface area (Å²) in [4.78, 5) is 42.7. The molecular formula is C32H42ClN3O4. The third-order valence-corrected chi connectivity index (χ3v) is 6.93. The highest BCUT2D eigenvalue weighted by molar-refractivity contribution is 6.34. The van der Waals surface area contributed by atoms with Crippen molar-refractivity contribution in [2.45, 2.75) is 85.4 Å². The van der Waals surface area contributed by atoms with Crippen LogP contribution in [0.15, 0.2) is 42.5 Å². The van der Waals surface area contributed by atoms with E-state index >= 15 is 0 Å². The van der Waals surface area contributed by atoms with Crippen molar-refractivity contribution >= 4 is 35.2 Å². The molecule has 0 radical (unpaired) electrons. The number of carbonyl (C=O) groups is 3. The largest absolute Gasteiger partial charge is 0.444 e. The van der Waals surface area contributed by atoms with Crippen molar-refractivity contribution in [2.24, 2.45) is 5.92 Å². The van der Waals surface area contributed by atoms with E-state index in [0.717, 1.165) is 12.0 Å². The summed E-state index contributed by atoms with van der Waals surface area (Å²) in [5.41, 5.74) is 1.78. The molecule has 3 atom stereocenters. The molecule has 0 bridgehead atoms. The van der Waals surface area contributed by atoms with Crippen molar-refractivity contribution in [2.75, 3.05) is 11.9 Å². The minimum atomic E-state index is -1.01. The summed E-state index contributed by atoms with van der Waals surface area (Å²) >= 11 is 6.43. The van der Waals surface area contributed by atoms with Crippen LogP contribution in [0.3, 0.4) is 0 Å². The van der Waals surface area contributed by atoms with Gasteiger partial charge in [-0.2, -0.15) is 0 Å². The van der Waals surface area contributed by atoms with E-state index in [4.69, 9.17) is 22.8 Å². The highest BCUT2D eigenvalue weighted by atomic mass is 35.5. The van der Waals surface area contributed by atoms with Crippen molar-refractivity contribution in [1.82, 2.24) is 10.2 Å². The molecular weight excluding hydrogens is 526 g/mol. The Labute approximate surface area is 244 Å². The lowest BCUT2D eigenvalue weighted by atomic mass is 9.95. The fourth-order valence-electron chi connectivity index (χ4n) is 4.21. The monoisotopic (exact) mass is 567 g/mol. The van der Waals surface area contributed by atoms with Crippen LogP contribution in [0.25, 0.3) is 0 Å². The van der Waals surface area contributed by atoms with Crippen LogP contribution in [0, 0.1) is 25.2 Å². The van der Waals surface area contributed by atoms with Crippen LogP contribution in [0.4, 0.5) is 10.5 Å². The number of para-hydroxylation sites is 1. The maximum absolute atomic E-state index is 14.3. The molecule has 3 amide bonds. The number of halogens is 1. The van der Waals surface area contributed by atoms with Crippen molar-refractivity contribution < 1.29 is 19.1 Å². The molecule has 3 unspecified atom stereocenters. The maximum Gasteiger partial charge on any atom is 0.408 e. The first-order chi connectivity index (χ1) is 18.8. The number of hydrogen-bond acceptors (Lipinski definition) is 4. The Morgan fingerprint density at radius 1 is 1.10 bits per heavy atom. The third-order valence-electron chi connectivity index (χ3n) is 6.61. The van der Waals surface area contributed by atoms with Gasteiger partial charge < -0.3 is 20.3 Å². The molecule has 2 aromatic rings. The topological polar surface area (TPSA) is 87.7 Å². The molecule has 0 saturated heterocycles. The fourth-order valence-corrected chi connectivity index (χ4v) is 4.48. The zero-order valence-corrected chi connectivity index (χ0v) is 25.4. The number of benzene rings is 2. The Morgan fingerprint density at radius 3 is 2.27 bits per heavy atom. The second-order valence-electron chi connectivity index (χ2n) is 11.0. The highest BCUT2D eigenvalue weighted by Crippen LogP contribution is 2.30. The van der Waals surface area contributed by atoms with E-state index in [1.165, 1.54) is 0 Å². The molecule has 2 N–H and O–H groups in total. The highest BCUT2D eigenvalue weighted by Gasteiger charge is 2.38. The normalized spacial score (nSPS) is 13.4. The van der Waals surface area contributed by atoms with Crippen LogP contribution in [-0.2, 0) is 14.3 Å². The van der Waals surface area contributed by atoms with Gasteiger partial charge in [-0.3, -0.25) is 9.59 Å². The summed E-state index contributed by atoms with van der Waals surface area (Å²) in [5.74, 6) is 1.57. The van der Waals surface area contributed by atoms with Gasteiger partial charge in [0, 0.05) is 12.1 Å². The van der Waals surface area contributed by atoms with Gasteiger partial charge in [0.2, 0.25) is 5.91 Å². The zero-order chi connectivity index (χ0) is 30.0. The molecule has 8 heteroatoms. The first-order valence-corrected chi connectivity index (χ1v) is 14.1. The predicted molar refractivity (Wildman–Crippen MR) is 161 cm³/mol.